The number of hydrogen-bond donors (Lipinski definition) is 0. The van der Waals surface area contributed by atoms with Crippen molar-refractivity contribution in [1.82, 2.24) is 0 Å². The van der Waals surface area contributed by atoms with Crippen LogP contribution in [0.5, 0.6) is 0 Å². The van der Waals surface area contributed by atoms with Crippen LogP contribution in [-0.4, -0.2) is 22.5 Å². The summed E-state index contributed by atoms with van der Waals surface area (Å²) >= 11 is 5.85. The Kier molecular flexibility index (Phi) is 3.49. The van der Waals surface area contributed by atoms with Gasteiger partial charge in [0.15, 0.2) is 0 Å². The maximum absolute atomic E-state index is 13.2. The summed E-state index contributed by atoms with van der Waals surface area (Å²) in [6.45, 7) is 0. The number of halogens is 1. The molecule has 0 unspecified atom stereocenters. The van der Waals surface area contributed by atoms with E-state index in [2.05, 4.69) is 0 Å². The fourth-order valence-corrected chi connectivity index (χ4v) is 5.18. The molecule has 3 aliphatic carbocycles. The summed E-state index contributed by atoms with van der Waals surface area (Å²) in [7, 11) is 0. The molecule has 2 fully saturated rings. The van der Waals surface area contributed by atoms with E-state index in [0.29, 0.717) is 0 Å². The van der Waals surface area contributed by atoms with Gasteiger partial charge in [-0.25, -0.2) is 4.90 Å². The average Bonchev–Trinajstić information content (AvgIpc) is 2.94. The summed E-state index contributed by atoms with van der Waals surface area (Å²) in [6.07, 6.45) is 0.233. The predicted octanol–water partition coefficient (Wildman–Crippen LogP) is 3.21. The number of nitro groups is 1. The van der Waals surface area contributed by atoms with Crippen molar-refractivity contribution in [3.8, 4) is 0 Å². The van der Waals surface area contributed by atoms with Gasteiger partial charge in [0.1, 0.15) is 10.8 Å². The number of nitrogens with zero attached hydrogens (tertiary/aromatic N) is 2. The number of anilines is 1. The first-order valence-electron chi connectivity index (χ1n) is 8.83. The van der Waals surface area contributed by atoms with E-state index in [1.54, 1.807) is 0 Å². The van der Waals surface area contributed by atoms with Crippen molar-refractivity contribution >= 4 is 40.6 Å². The Morgan fingerprint density at radius 1 is 1.00 bits per heavy atom. The second-order valence-corrected chi connectivity index (χ2v) is 7.75. The minimum Gasteiger partial charge on any atom is -0.299 e. The molecule has 4 atom stereocenters. The molecule has 6 rings (SSSR count). The van der Waals surface area contributed by atoms with Crippen molar-refractivity contribution in [2.24, 2.45) is 11.8 Å². The van der Waals surface area contributed by atoms with E-state index in [4.69, 9.17) is 11.6 Å². The number of amides is 2. The van der Waals surface area contributed by atoms with Crippen LogP contribution >= 0.6 is 11.6 Å². The zero-order chi connectivity index (χ0) is 19.7. The van der Waals surface area contributed by atoms with E-state index in [-0.39, 0.29) is 34.5 Å². The van der Waals surface area contributed by atoms with Gasteiger partial charge in [0.05, 0.1) is 28.4 Å². The Morgan fingerprint density at radius 3 is 2.39 bits per heavy atom. The van der Waals surface area contributed by atoms with Crippen molar-refractivity contribution in [3.05, 3.63) is 68.7 Å². The molecule has 2 aromatic carbocycles. The van der Waals surface area contributed by atoms with Crippen LogP contribution in [0.25, 0.3) is 0 Å². The van der Waals surface area contributed by atoms with Crippen molar-refractivity contribution in [2.75, 3.05) is 4.90 Å². The number of carbonyl (C=O) groups is 3. The lowest BCUT2D eigenvalue weighted by atomic mass is 9.56. The lowest BCUT2D eigenvalue weighted by Crippen LogP contribution is -2.44. The molecule has 0 N–H and O–H groups in total. The van der Waals surface area contributed by atoms with E-state index in [0.717, 1.165) is 22.1 Å². The summed E-state index contributed by atoms with van der Waals surface area (Å²) in [5.41, 5.74) is 1.49. The summed E-state index contributed by atoms with van der Waals surface area (Å²) in [6, 6.07) is 11.3. The molecule has 2 aromatic rings. The standard InChI is InChI=1S/C20H13ClN2O5/c21-13-6-5-9(7-14(13)23(27)28)22-19(25)17-12-8-15(24)16(18(17)20(22)26)11-4-2-1-3-10(11)12/h1-7,12,16-18H,8H2/t12-,16-,17-,18+/m0/s1. The molecule has 140 valence electrons. The fourth-order valence-electron chi connectivity index (χ4n) is 4.99. The van der Waals surface area contributed by atoms with Gasteiger partial charge in [0, 0.05) is 18.4 Å². The molecule has 8 heteroatoms. The number of ketones is 1. The quantitative estimate of drug-likeness (QED) is 0.441. The van der Waals surface area contributed by atoms with Crippen molar-refractivity contribution in [3.63, 3.8) is 0 Å². The van der Waals surface area contributed by atoms with Crippen molar-refractivity contribution in [2.45, 2.75) is 18.3 Å². The topological polar surface area (TPSA) is 97.6 Å². The van der Waals surface area contributed by atoms with Crippen LogP contribution in [0.1, 0.15) is 29.4 Å². The van der Waals surface area contributed by atoms with Gasteiger partial charge in [-0.3, -0.25) is 24.5 Å². The third-order valence-electron chi connectivity index (χ3n) is 6.07. The van der Waals surface area contributed by atoms with Gasteiger partial charge in [-0.1, -0.05) is 35.9 Å². The molecule has 28 heavy (non-hydrogen) atoms. The van der Waals surface area contributed by atoms with Gasteiger partial charge in [-0.15, -0.1) is 0 Å². The molecule has 1 heterocycles. The summed E-state index contributed by atoms with van der Waals surface area (Å²) in [5.74, 6) is -3.30. The van der Waals surface area contributed by atoms with Gasteiger partial charge in [0.25, 0.3) is 5.69 Å². The fraction of sp³-hybridized carbons (Fsp3) is 0.250. The second kappa shape index (κ2) is 5.72. The van der Waals surface area contributed by atoms with Crippen LogP contribution < -0.4 is 4.90 Å². The molecular formula is C20H13ClN2O5. The molecule has 1 aliphatic heterocycles. The molecule has 2 bridgehead atoms. The lowest BCUT2D eigenvalue weighted by Gasteiger charge is -2.43. The molecule has 2 amide bonds. The highest BCUT2D eigenvalue weighted by Gasteiger charge is 2.62. The normalized spacial score (nSPS) is 27.8. The number of Topliss-reactive ketones (excluding diaryl/α,β-unsaturated/α-hetero) is 1. The van der Waals surface area contributed by atoms with Gasteiger partial charge in [-0.05, 0) is 23.3 Å². The minimum atomic E-state index is -0.761. The Labute approximate surface area is 164 Å². The molecule has 7 nitrogen and oxygen atoms in total. The first-order valence-corrected chi connectivity index (χ1v) is 9.21. The Balaban J connectivity index is 1.63. The highest BCUT2D eigenvalue weighted by molar-refractivity contribution is 6.33. The molecule has 0 aromatic heterocycles. The van der Waals surface area contributed by atoms with Gasteiger partial charge in [0.2, 0.25) is 11.8 Å². The van der Waals surface area contributed by atoms with E-state index >= 15 is 0 Å². The third kappa shape index (κ3) is 2.08. The highest BCUT2D eigenvalue weighted by atomic mass is 35.5. The van der Waals surface area contributed by atoms with Gasteiger partial charge < -0.3 is 0 Å². The monoisotopic (exact) mass is 396 g/mol. The van der Waals surface area contributed by atoms with E-state index in [1.165, 1.54) is 12.1 Å². The van der Waals surface area contributed by atoms with Crippen LogP contribution in [0.3, 0.4) is 0 Å². The number of imide groups is 1. The number of carbonyl (C=O) groups excluding carboxylic acids is 3. The average molecular weight is 397 g/mol. The SMILES string of the molecule is O=C1C[C@H]2c3ccccc3[C@@H]1[C@H]1C(=O)N(c3ccc(Cl)c([N+](=O)[O-])c3)C(=O)[C@H]12. The minimum absolute atomic E-state index is 0.0324. The van der Waals surface area contributed by atoms with Gasteiger partial charge in [-0.2, -0.15) is 0 Å². The maximum Gasteiger partial charge on any atom is 0.289 e. The Bertz CT molecular complexity index is 1100. The molecule has 4 aliphatic rings. The molecule has 1 saturated carbocycles. The smallest absolute Gasteiger partial charge is 0.289 e. The van der Waals surface area contributed by atoms with E-state index in [9.17, 15) is 24.5 Å². The Hall–Kier alpha value is -3.06. The third-order valence-corrected chi connectivity index (χ3v) is 6.39. The van der Waals surface area contributed by atoms with Crippen LogP contribution in [0.4, 0.5) is 11.4 Å². The number of benzene rings is 2. The first kappa shape index (κ1) is 17.1. The van der Waals surface area contributed by atoms with Gasteiger partial charge >= 0.3 is 0 Å². The number of rotatable bonds is 2. The van der Waals surface area contributed by atoms with E-state index in [1.807, 2.05) is 24.3 Å². The first-order chi connectivity index (χ1) is 13.4. The lowest BCUT2D eigenvalue weighted by molar-refractivity contribution is -0.384. The summed E-state index contributed by atoms with van der Waals surface area (Å²) in [5, 5.41) is 11.1. The number of nitro benzene ring substituents is 1. The number of fused-ring (bicyclic) bond motifs is 1. The zero-order valence-electron chi connectivity index (χ0n) is 14.4. The molecular weight excluding hydrogens is 384 g/mol. The van der Waals surface area contributed by atoms with E-state index < -0.39 is 34.5 Å². The van der Waals surface area contributed by atoms with Crippen LogP contribution in [0, 0.1) is 22.0 Å². The van der Waals surface area contributed by atoms with Crippen LogP contribution in [0.15, 0.2) is 42.5 Å². The zero-order valence-corrected chi connectivity index (χ0v) is 15.1. The largest absolute Gasteiger partial charge is 0.299 e. The van der Waals surface area contributed by atoms with Crippen molar-refractivity contribution < 1.29 is 19.3 Å². The molecule has 0 radical (unpaired) electrons. The van der Waals surface area contributed by atoms with Crippen LogP contribution in [0.2, 0.25) is 5.02 Å². The highest BCUT2D eigenvalue weighted by Crippen LogP contribution is 2.57. The number of hydrogen-bond acceptors (Lipinski definition) is 5. The Morgan fingerprint density at radius 2 is 1.68 bits per heavy atom. The predicted molar refractivity (Wildman–Crippen MR) is 99.1 cm³/mol. The second-order valence-electron chi connectivity index (χ2n) is 7.34. The molecule has 0 spiro atoms. The van der Waals surface area contributed by atoms with Crippen LogP contribution in [-0.2, 0) is 14.4 Å². The molecule has 1 saturated heterocycles. The summed E-state index contributed by atoms with van der Waals surface area (Å²) in [4.78, 5) is 50.6. The van der Waals surface area contributed by atoms with Crippen molar-refractivity contribution in [1.29, 1.82) is 0 Å². The summed E-state index contributed by atoms with van der Waals surface area (Å²) < 4.78 is 0. The maximum atomic E-state index is 13.2.